The van der Waals surface area contributed by atoms with E-state index in [1.807, 2.05) is 0 Å². The Kier molecular flexibility index (Phi) is 9.93. The highest BCUT2D eigenvalue weighted by atomic mass is 35.6. The number of rotatable bonds is 6. The number of alkyl halides is 3. The van der Waals surface area contributed by atoms with Crippen LogP contribution >= 0.6 is 58.8 Å². The van der Waals surface area contributed by atoms with E-state index in [0.717, 1.165) is 13.1 Å². The summed E-state index contributed by atoms with van der Waals surface area (Å²) in [5, 5.41) is 1.91. The molecule has 0 heterocycles. The quantitative estimate of drug-likeness (QED) is 0.410. The van der Waals surface area contributed by atoms with E-state index in [0.29, 0.717) is 16.2 Å². The van der Waals surface area contributed by atoms with Crippen LogP contribution in [0.25, 0.3) is 0 Å². The summed E-state index contributed by atoms with van der Waals surface area (Å²) in [5.41, 5.74) is 0. The van der Waals surface area contributed by atoms with Gasteiger partial charge in [0.05, 0.1) is 0 Å². The largest absolute Gasteiger partial charge is 0.357 e. The summed E-state index contributed by atoms with van der Waals surface area (Å²) in [6, 6.07) is 0. The van der Waals surface area contributed by atoms with Gasteiger partial charge in [-0.1, -0.05) is 86.5 Å². The normalized spacial score (nSPS) is 13.4. The molecule has 0 aromatic rings. The van der Waals surface area contributed by atoms with Crippen molar-refractivity contribution in [1.82, 2.24) is 10.2 Å². The van der Waals surface area contributed by atoms with Gasteiger partial charge in [0.2, 0.25) is 9.70 Å². The molecule has 0 aliphatic heterocycles. The van der Waals surface area contributed by atoms with Gasteiger partial charge in [-0.2, -0.15) is 0 Å². The molecule has 0 bridgehead atoms. The molecule has 0 aliphatic rings. The van der Waals surface area contributed by atoms with Crippen molar-refractivity contribution in [1.29, 1.82) is 0 Å². The summed E-state index contributed by atoms with van der Waals surface area (Å²) in [7, 11) is 0. The maximum absolute atomic E-state index is 11.3. The SMILES string of the molecule is CC(=O)N[C@H](SC(=S)N(CC(C)C)CC(C)C)C(Cl)(Cl)Cl. The molecule has 1 atom stereocenters. The van der Waals surface area contributed by atoms with E-state index in [4.69, 9.17) is 47.0 Å². The Morgan fingerprint density at radius 2 is 1.62 bits per heavy atom. The minimum absolute atomic E-state index is 0.263. The highest BCUT2D eigenvalue weighted by Gasteiger charge is 2.35. The van der Waals surface area contributed by atoms with E-state index in [9.17, 15) is 4.79 Å². The number of nitrogens with zero attached hydrogens (tertiary/aromatic N) is 1. The molecule has 1 N–H and O–H groups in total. The van der Waals surface area contributed by atoms with Crippen molar-refractivity contribution in [3.63, 3.8) is 0 Å². The highest BCUT2D eigenvalue weighted by Crippen LogP contribution is 2.37. The monoisotopic (exact) mass is 392 g/mol. The van der Waals surface area contributed by atoms with E-state index >= 15 is 0 Å². The second-order valence-electron chi connectivity index (χ2n) is 5.70. The van der Waals surface area contributed by atoms with Crippen LogP contribution in [0.2, 0.25) is 0 Å². The number of carbonyl (C=O) groups is 1. The van der Waals surface area contributed by atoms with E-state index in [2.05, 4.69) is 37.9 Å². The summed E-state index contributed by atoms with van der Waals surface area (Å²) < 4.78 is -0.996. The molecule has 0 spiro atoms. The number of hydrogen-bond acceptors (Lipinski definition) is 3. The molecule has 0 fully saturated rings. The molecule has 124 valence electrons. The molecule has 0 radical (unpaired) electrons. The van der Waals surface area contributed by atoms with Gasteiger partial charge in [-0.25, -0.2) is 0 Å². The zero-order chi connectivity index (χ0) is 16.8. The molecule has 8 heteroatoms. The first-order valence-electron chi connectivity index (χ1n) is 6.72. The fourth-order valence-electron chi connectivity index (χ4n) is 1.64. The molecule has 0 aliphatic carbocycles. The van der Waals surface area contributed by atoms with E-state index in [-0.39, 0.29) is 5.91 Å². The second kappa shape index (κ2) is 9.66. The molecule has 0 unspecified atom stereocenters. The highest BCUT2D eigenvalue weighted by molar-refractivity contribution is 8.23. The van der Waals surface area contributed by atoms with Crippen LogP contribution in [0.4, 0.5) is 0 Å². The predicted octanol–water partition coefficient (Wildman–Crippen LogP) is 4.45. The van der Waals surface area contributed by atoms with Gasteiger partial charge in [0.25, 0.3) is 0 Å². The molecule has 0 saturated carbocycles. The van der Waals surface area contributed by atoms with Gasteiger partial charge in [0.15, 0.2) is 0 Å². The van der Waals surface area contributed by atoms with Gasteiger partial charge in [-0.15, -0.1) is 0 Å². The van der Waals surface area contributed by atoms with E-state index in [1.165, 1.54) is 18.7 Å². The third kappa shape index (κ3) is 10.1. The minimum atomic E-state index is -1.62. The number of amides is 1. The molecule has 0 aromatic carbocycles. The van der Waals surface area contributed by atoms with Crippen LogP contribution < -0.4 is 5.32 Å². The Bertz CT molecular complexity index is 350. The Hall–Kier alpha value is 0.580. The zero-order valence-electron chi connectivity index (χ0n) is 13.0. The number of thiocarbonyl (C=S) groups is 1. The van der Waals surface area contributed by atoms with Crippen LogP contribution in [0.3, 0.4) is 0 Å². The summed E-state index contributed by atoms with van der Waals surface area (Å²) in [6.07, 6.45) is 0. The summed E-state index contributed by atoms with van der Waals surface area (Å²) in [6.45, 7) is 11.5. The molecular weight excluding hydrogens is 371 g/mol. The first kappa shape index (κ1) is 21.6. The molecular formula is C13H23Cl3N2OS2. The number of hydrogen-bond donors (Lipinski definition) is 1. The Labute approximate surface area is 152 Å². The smallest absolute Gasteiger partial charge is 0.220 e. The maximum Gasteiger partial charge on any atom is 0.220 e. The van der Waals surface area contributed by atoms with Crippen LogP contribution in [0.5, 0.6) is 0 Å². The maximum atomic E-state index is 11.3. The van der Waals surface area contributed by atoms with Gasteiger partial charge in [0.1, 0.15) is 9.69 Å². The third-order valence-corrected chi connectivity index (χ3v) is 5.04. The lowest BCUT2D eigenvalue weighted by Gasteiger charge is -2.32. The fourth-order valence-corrected chi connectivity index (χ4v) is 3.50. The Balaban J connectivity index is 4.93. The standard InChI is InChI=1S/C13H23Cl3N2OS2/c1-8(2)6-18(7-9(3)4)12(20)21-11(13(14,15)16)17-10(5)19/h8-9,11H,6-7H2,1-5H3,(H,17,19)/t11-/m1/s1. The van der Waals surface area contributed by atoms with Crippen molar-refractivity contribution >= 4 is 69.0 Å². The van der Waals surface area contributed by atoms with E-state index in [1.54, 1.807) is 0 Å². The molecule has 3 nitrogen and oxygen atoms in total. The Morgan fingerprint density at radius 1 is 1.19 bits per heavy atom. The number of nitrogens with one attached hydrogen (secondary N) is 1. The van der Waals surface area contributed by atoms with Crippen LogP contribution in [0.15, 0.2) is 0 Å². The number of thioether (sulfide) groups is 1. The van der Waals surface area contributed by atoms with E-state index < -0.39 is 9.17 Å². The first-order chi connectivity index (χ1) is 9.43. The lowest BCUT2D eigenvalue weighted by molar-refractivity contribution is -0.119. The van der Waals surface area contributed by atoms with Crippen molar-refractivity contribution in [3.8, 4) is 0 Å². The van der Waals surface area contributed by atoms with Gasteiger partial charge >= 0.3 is 0 Å². The molecule has 0 aromatic heterocycles. The second-order valence-corrected chi connectivity index (χ2v) is 9.81. The van der Waals surface area contributed by atoms with Crippen molar-refractivity contribution in [2.24, 2.45) is 11.8 Å². The van der Waals surface area contributed by atoms with Crippen molar-refractivity contribution in [3.05, 3.63) is 0 Å². The summed E-state index contributed by atoms with van der Waals surface area (Å²) in [5.74, 6) is 0.671. The van der Waals surface area contributed by atoms with Crippen LogP contribution in [0, 0.1) is 11.8 Å². The summed E-state index contributed by atoms with van der Waals surface area (Å²) in [4.78, 5) is 13.3. The zero-order valence-corrected chi connectivity index (χ0v) is 16.9. The molecule has 0 saturated heterocycles. The fraction of sp³-hybridized carbons (Fsp3) is 0.846. The topological polar surface area (TPSA) is 32.3 Å². The third-order valence-electron chi connectivity index (χ3n) is 2.28. The van der Waals surface area contributed by atoms with Crippen molar-refractivity contribution < 1.29 is 4.79 Å². The molecule has 0 rings (SSSR count). The van der Waals surface area contributed by atoms with Crippen molar-refractivity contribution in [2.45, 2.75) is 43.8 Å². The first-order valence-corrected chi connectivity index (χ1v) is 9.15. The lowest BCUT2D eigenvalue weighted by Crippen LogP contribution is -2.43. The van der Waals surface area contributed by atoms with Crippen LogP contribution in [-0.4, -0.2) is 37.4 Å². The average molecular weight is 394 g/mol. The van der Waals surface area contributed by atoms with Crippen molar-refractivity contribution in [2.75, 3.05) is 13.1 Å². The van der Waals surface area contributed by atoms with Crippen LogP contribution in [0.1, 0.15) is 34.6 Å². The van der Waals surface area contributed by atoms with Gasteiger partial charge in [0, 0.05) is 20.0 Å². The minimum Gasteiger partial charge on any atom is -0.357 e. The Morgan fingerprint density at radius 3 is 1.90 bits per heavy atom. The van der Waals surface area contributed by atoms with Gasteiger partial charge in [-0.05, 0) is 11.8 Å². The lowest BCUT2D eigenvalue weighted by atomic mass is 10.1. The average Bonchev–Trinajstić information content (AvgIpc) is 2.23. The molecule has 1 amide bonds. The molecule has 21 heavy (non-hydrogen) atoms. The van der Waals surface area contributed by atoms with Crippen LogP contribution in [-0.2, 0) is 4.79 Å². The van der Waals surface area contributed by atoms with Gasteiger partial charge < -0.3 is 10.2 Å². The number of carbonyl (C=O) groups excluding carboxylic acids is 1. The van der Waals surface area contributed by atoms with Gasteiger partial charge in [-0.3, -0.25) is 4.79 Å². The summed E-state index contributed by atoms with van der Waals surface area (Å²) >= 11 is 24.4. The number of halogens is 3. The predicted molar refractivity (Wildman–Crippen MR) is 99.3 cm³/mol.